The zero-order valence-corrected chi connectivity index (χ0v) is 12.6. The predicted octanol–water partition coefficient (Wildman–Crippen LogP) is 2.31. The van der Waals surface area contributed by atoms with Crippen LogP contribution in [0.5, 0.6) is 0 Å². The van der Waals surface area contributed by atoms with Crippen LogP contribution < -0.4 is 10.5 Å². The number of pyridine rings is 1. The van der Waals surface area contributed by atoms with E-state index in [0.717, 1.165) is 17.7 Å². The first-order valence-electron chi connectivity index (χ1n) is 6.85. The van der Waals surface area contributed by atoms with Crippen LogP contribution in [0.25, 0.3) is 0 Å². The molecule has 0 aliphatic rings. The molecule has 110 valence electrons. The average molecular weight is 301 g/mol. The Morgan fingerprint density at radius 3 is 2.52 bits per heavy atom. The lowest BCUT2D eigenvalue weighted by molar-refractivity contribution is -0.119. The van der Waals surface area contributed by atoms with Crippen LogP contribution in [0.3, 0.4) is 0 Å². The van der Waals surface area contributed by atoms with Gasteiger partial charge in [-0.1, -0.05) is 42.3 Å². The summed E-state index contributed by atoms with van der Waals surface area (Å²) in [5.41, 5.74) is 7.83. The fraction of sp³-hybridized carbons (Fsp3) is 0.250. The third-order valence-electron chi connectivity index (χ3n) is 3.12. The summed E-state index contributed by atoms with van der Waals surface area (Å²) in [5.74, 6) is 0.490. The summed E-state index contributed by atoms with van der Waals surface area (Å²) in [5, 5.41) is 0. The molecule has 0 fully saturated rings. The van der Waals surface area contributed by atoms with Gasteiger partial charge in [-0.3, -0.25) is 14.5 Å². The molecular formula is C16H19N3OS. The van der Waals surface area contributed by atoms with Crippen molar-refractivity contribution in [2.45, 2.75) is 24.6 Å². The largest absolute Gasteiger partial charge is 0.368 e. The molecule has 0 aliphatic heterocycles. The summed E-state index contributed by atoms with van der Waals surface area (Å²) < 4.78 is 3.16. The van der Waals surface area contributed by atoms with Crippen molar-refractivity contribution in [2.75, 3.05) is 0 Å². The van der Waals surface area contributed by atoms with Gasteiger partial charge in [-0.15, -0.1) is 0 Å². The molecule has 2 aromatic rings. The Bertz CT molecular complexity index is 548. The Hall–Kier alpha value is -1.85. The van der Waals surface area contributed by atoms with E-state index in [9.17, 15) is 4.79 Å². The number of rotatable bonds is 8. The summed E-state index contributed by atoms with van der Waals surface area (Å²) in [7, 11) is 0. The number of hydrogen-bond donors (Lipinski definition) is 2. The van der Waals surface area contributed by atoms with E-state index in [0.29, 0.717) is 6.42 Å². The third-order valence-corrected chi connectivity index (χ3v) is 4.05. The first-order valence-corrected chi connectivity index (χ1v) is 7.84. The Morgan fingerprint density at radius 1 is 1.14 bits per heavy atom. The number of aromatic nitrogens is 1. The second kappa shape index (κ2) is 8.44. The highest BCUT2D eigenvalue weighted by molar-refractivity contribution is 7.96. The van der Waals surface area contributed by atoms with Crippen LogP contribution in [0.15, 0.2) is 54.9 Å². The standard InChI is InChI=1S/C16H19N3OS/c17-16(20)15(7-6-13-8-10-18-11-9-13)19-21-12-14-4-2-1-3-5-14/h1-5,8-11,15,19H,6-7,12H2,(H2,17,20). The molecule has 0 aliphatic carbocycles. The van der Waals surface area contributed by atoms with E-state index in [1.807, 2.05) is 30.3 Å². The zero-order chi connectivity index (χ0) is 14.9. The molecule has 5 heteroatoms. The molecule has 4 nitrogen and oxygen atoms in total. The molecular weight excluding hydrogens is 282 g/mol. The fourth-order valence-corrected chi connectivity index (χ4v) is 2.80. The number of primary amides is 1. The first kappa shape index (κ1) is 15.5. The summed E-state index contributed by atoms with van der Waals surface area (Å²) in [6.45, 7) is 0. The van der Waals surface area contributed by atoms with Crippen molar-refractivity contribution in [1.29, 1.82) is 0 Å². The van der Waals surface area contributed by atoms with Gasteiger partial charge in [-0.05, 0) is 36.1 Å². The molecule has 1 aromatic heterocycles. The van der Waals surface area contributed by atoms with Gasteiger partial charge in [-0.25, -0.2) is 0 Å². The lowest BCUT2D eigenvalue weighted by atomic mass is 10.1. The van der Waals surface area contributed by atoms with Gasteiger partial charge in [-0.2, -0.15) is 0 Å². The van der Waals surface area contributed by atoms with E-state index >= 15 is 0 Å². The molecule has 0 spiro atoms. The molecule has 1 unspecified atom stereocenters. The number of hydrogen-bond acceptors (Lipinski definition) is 4. The molecule has 1 amide bonds. The number of amides is 1. The van der Waals surface area contributed by atoms with Gasteiger partial charge < -0.3 is 5.73 Å². The van der Waals surface area contributed by atoms with Crippen LogP contribution in [-0.4, -0.2) is 16.9 Å². The number of carbonyl (C=O) groups is 1. The van der Waals surface area contributed by atoms with Crippen LogP contribution in [0.2, 0.25) is 0 Å². The van der Waals surface area contributed by atoms with Gasteiger partial charge in [0.25, 0.3) is 0 Å². The Kier molecular flexibility index (Phi) is 6.24. The quantitative estimate of drug-likeness (QED) is 0.734. The number of nitrogens with zero attached hydrogens (tertiary/aromatic N) is 1. The van der Waals surface area contributed by atoms with Crippen LogP contribution in [0.4, 0.5) is 0 Å². The van der Waals surface area contributed by atoms with Crippen molar-refractivity contribution < 1.29 is 4.79 Å². The zero-order valence-electron chi connectivity index (χ0n) is 11.7. The highest BCUT2D eigenvalue weighted by atomic mass is 32.2. The molecule has 0 saturated heterocycles. The van der Waals surface area contributed by atoms with Gasteiger partial charge in [0.15, 0.2) is 0 Å². The highest BCUT2D eigenvalue weighted by Crippen LogP contribution is 2.11. The van der Waals surface area contributed by atoms with E-state index in [4.69, 9.17) is 5.73 Å². The molecule has 0 radical (unpaired) electrons. The fourth-order valence-electron chi connectivity index (χ4n) is 1.92. The number of carbonyl (C=O) groups excluding carboxylic acids is 1. The summed E-state index contributed by atoms with van der Waals surface area (Å²) in [4.78, 5) is 15.5. The summed E-state index contributed by atoms with van der Waals surface area (Å²) >= 11 is 1.51. The maximum Gasteiger partial charge on any atom is 0.235 e. The topological polar surface area (TPSA) is 68.0 Å². The minimum absolute atomic E-state index is 0.315. The number of nitrogens with two attached hydrogens (primary N) is 1. The van der Waals surface area contributed by atoms with E-state index in [2.05, 4.69) is 21.8 Å². The molecule has 21 heavy (non-hydrogen) atoms. The monoisotopic (exact) mass is 301 g/mol. The smallest absolute Gasteiger partial charge is 0.235 e. The molecule has 1 heterocycles. The Morgan fingerprint density at radius 2 is 1.86 bits per heavy atom. The van der Waals surface area contributed by atoms with Gasteiger partial charge in [0.1, 0.15) is 0 Å². The van der Waals surface area contributed by atoms with E-state index < -0.39 is 0 Å². The molecule has 3 N–H and O–H groups in total. The van der Waals surface area contributed by atoms with Crippen molar-refractivity contribution in [3.05, 3.63) is 66.0 Å². The van der Waals surface area contributed by atoms with E-state index in [1.54, 1.807) is 12.4 Å². The van der Waals surface area contributed by atoms with Crippen molar-refractivity contribution in [3.63, 3.8) is 0 Å². The second-order valence-corrected chi connectivity index (χ2v) is 5.55. The van der Waals surface area contributed by atoms with Crippen LogP contribution in [-0.2, 0) is 17.0 Å². The summed E-state index contributed by atoms with van der Waals surface area (Å²) in [6, 6.07) is 13.7. The van der Waals surface area contributed by atoms with Crippen molar-refractivity contribution in [3.8, 4) is 0 Å². The van der Waals surface area contributed by atoms with E-state index in [1.165, 1.54) is 17.5 Å². The highest BCUT2D eigenvalue weighted by Gasteiger charge is 2.14. The maximum absolute atomic E-state index is 11.5. The lowest BCUT2D eigenvalue weighted by Crippen LogP contribution is -2.38. The summed E-state index contributed by atoms with van der Waals surface area (Å²) in [6.07, 6.45) is 4.99. The minimum atomic E-state index is -0.327. The van der Waals surface area contributed by atoms with Crippen molar-refractivity contribution in [2.24, 2.45) is 5.73 Å². The van der Waals surface area contributed by atoms with Crippen molar-refractivity contribution >= 4 is 17.9 Å². The average Bonchev–Trinajstić information content (AvgIpc) is 2.52. The number of nitrogens with one attached hydrogen (secondary N) is 1. The Balaban J connectivity index is 1.78. The van der Waals surface area contributed by atoms with Gasteiger partial charge >= 0.3 is 0 Å². The number of benzene rings is 1. The van der Waals surface area contributed by atoms with Crippen LogP contribution in [0, 0.1) is 0 Å². The molecule has 0 bridgehead atoms. The normalized spacial score (nSPS) is 12.0. The lowest BCUT2D eigenvalue weighted by Gasteiger charge is -2.14. The predicted molar refractivity (Wildman–Crippen MR) is 86.4 cm³/mol. The molecule has 2 rings (SSSR count). The molecule has 1 aromatic carbocycles. The van der Waals surface area contributed by atoms with Gasteiger partial charge in [0.2, 0.25) is 5.91 Å². The van der Waals surface area contributed by atoms with Crippen molar-refractivity contribution in [1.82, 2.24) is 9.71 Å². The first-order chi connectivity index (χ1) is 10.3. The van der Waals surface area contributed by atoms with E-state index in [-0.39, 0.29) is 11.9 Å². The minimum Gasteiger partial charge on any atom is -0.368 e. The second-order valence-electron chi connectivity index (χ2n) is 4.74. The third kappa shape index (κ3) is 5.57. The Labute approximate surface area is 129 Å². The molecule has 0 saturated carbocycles. The maximum atomic E-state index is 11.5. The van der Waals surface area contributed by atoms with Crippen LogP contribution in [0.1, 0.15) is 17.5 Å². The number of aryl methyl sites for hydroxylation is 1. The molecule has 1 atom stereocenters. The van der Waals surface area contributed by atoms with Gasteiger partial charge in [0.05, 0.1) is 6.04 Å². The van der Waals surface area contributed by atoms with Gasteiger partial charge in [0, 0.05) is 18.1 Å². The van der Waals surface area contributed by atoms with Crippen LogP contribution >= 0.6 is 11.9 Å². The SMILES string of the molecule is NC(=O)C(CCc1ccncc1)NSCc1ccccc1.